The molecular formula is C14H20N4O. The van der Waals surface area contributed by atoms with E-state index < -0.39 is 0 Å². The molecule has 0 bridgehead atoms. The average Bonchev–Trinajstić information content (AvgIpc) is 2.94. The minimum Gasteiger partial charge on any atom is -0.380 e. The third-order valence-corrected chi connectivity index (χ3v) is 2.79. The van der Waals surface area contributed by atoms with Crippen LogP contribution in [0, 0.1) is 0 Å². The number of para-hydroxylation sites is 1. The number of rotatable bonds is 7. The number of benzene rings is 1. The Balaban J connectivity index is 2.14. The van der Waals surface area contributed by atoms with Crippen molar-refractivity contribution < 1.29 is 4.74 Å². The summed E-state index contributed by atoms with van der Waals surface area (Å²) in [6, 6.07) is 9.97. The van der Waals surface area contributed by atoms with Gasteiger partial charge in [-0.15, -0.1) is 0 Å². The lowest BCUT2D eigenvalue weighted by atomic mass is 10.2. The van der Waals surface area contributed by atoms with E-state index in [1.165, 1.54) is 0 Å². The van der Waals surface area contributed by atoms with Crippen molar-refractivity contribution in [1.29, 1.82) is 0 Å². The van der Waals surface area contributed by atoms with E-state index in [1.807, 2.05) is 37.3 Å². The first kappa shape index (κ1) is 13.7. The monoisotopic (exact) mass is 260 g/mol. The van der Waals surface area contributed by atoms with E-state index in [9.17, 15) is 0 Å². The van der Waals surface area contributed by atoms with Gasteiger partial charge >= 0.3 is 0 Å². The SMILES string of the molecule is CCNC(COCC)c1cnn(-c2ccccc2)n1. The van der Waals surface area contributed by atoms with Gasteiger partial charge in [-0.05, 0) is 25.6 Å². The van der Waals surface area contributed by atoms with E-state index in [2.05, 4.69) is 22.4 Å². The van der Waals surface area contributed by atoms with E-state index in [-0.39, 0.29) is 6.04 Å². The molecule has 0 saturated heterocycles. The Hall–Kier alpha value is -1.72. The van der Waals surface area contributed by atoms with Crippen LogP contribution in [0.4, 0.5) is 0 Å². The van der Waals surface area contributed by atoms with Crippen LogP contribution in [-0.2, 0) is 4.74 Å². The molecular weight excluding hydrogens is 240 g/mol. The number of aromatic nitrogens is 3. The molecule has 1 heterocycles. The highest BCUT2D eigenvalue weighted by atomic mass is 16.5. The molecule has 2 rings (SSSR count). The Morgan fingerprint density at radius 3 is 2.74 bits per heavy atom. The molecule has 0 amide bonds. The molecule has 0 aliphatic rings. The number of hydrogen-bond donors (Lipinski definition) is 1. The number of nitrogens with one attached hydrogen (secondary N) is 1. The first-order valence-corrected chi connectivity index (χ1v) is 6.64. The molecule has 2 aromatic rings. The van der Waals surface area contributed by atoms with Crippen LogP contribution in [0.25, 0.3) is 5.69 Å². The van der Waals surface area contributed by atoms with Crippen LogP contribution in [0.15, 0.2) is 36.5 Å². The summed E-state index contributed by atoms with van der Waals surface area (Å²) in [5.41, 5.74) is 1.86. The largest absolute Gasteiger partial charge is 0.380 e. The van der Waals surface area contributed by atoms with Crippen LogP contribution in [0.3, 0.4) is 0 Å². The molecule has 0 aliphatic carbocycles. The van der Waals surface area contributed by atoms with Crippen molar-refractivity contribution in [1.82, 2.24) is 20.3 Å². The highest BCUT2D eigenvalue weighted by Gasteiger charge is 2.14. The fourth-order valence-corrected chi connectivity index (χ4v) is 1.85. The lowest BCUT2D eigenvalue weighted by molar-refractivity contribution is 0.122. The predicted octanol–water partition coefficient (Wildman–Crippen LogP) is 1.95. The van der Waals surface area contributed by atoms with Crippen molar-refractivity contribution in [2.45, 2.75) is 19.9 Å². The van der Waals surface area contributed by atoms with Gasteiger partial charge in [-0.25, -0.2) is 0 Å². The van der Waals surface area contributed by atoms with Crippen LogP contribution in [0.1, 0.15) is 25.6 Å². The molecule has 0 aliphatic heterocycles. The molecule has 0 spiro atoms. The molecule has 1 atom stereocenters. The normalized spacial score (nSPS) is 12.5. The first-order valence-electron chi connectivity index (χ1n) is 6.64. The Bertz CT molecular complexity index is 483. The first-order chi connectivity index (χ1) is 9.35. The summed E-state index contributed by atoms with van der Waals surface area (Å²) in [5.74, 6) is 0. The van der Waals surface area contributed by atoms with E-state index in [1.54, 1.807) is 11.0 Å². The Morgan fingerprint density at radius 2 is 2.05 bits per heavy atom. The van der Waals surface area contributed by atoms with E-state index >= 15 is 0 Å². The Kier molecular flexibility index (Phi) is 5.06. The number of hydrogen-bond acceptors (Lipinski definition) is 4. The maximum absolute atomic E-state index is 5.48. The van der Waals surface area contributed by atoms with Crippen LogP contribution in [-0.4, -0.2) is 34.8 Å². The molecule has 1 N–H and O–H groups in total. The zero-order valence-corrected chi connectivity index (χ0v) is 11.4. The van der Waals surface area contributed by atoms with Crippen LogP contribution >= 0.6 is 0 Å². The Morgan fingerprint density at radius 1 is 1.26 bits per heavy atom. The summed E-state index contributed by atoms with van der Waals surface area (Å²) < 4.78 is 5.48. The minimum absolute atomic E-state index is 0.0856. The number of ether oxygens (including phenoxy) is 1. The van der Waals surface area contributed by atoms with Gasteiger partial charge in [0.25, 0.3) is 0 Å². The molecule has 5 nitrogen and oxygen atoms in total. The van der Waals surface area contributed by atoms with E-state index in [0.717, 1.165) is 17.9 Å². The van der Waals surface area contributed by atoms with Crippen molar-refractivity contribution in [3.8, 4) is 5.69 Å². The standard InChI is InChI=1S/C14H20N4O/c1-3-15-14(11-19-4-2)13-10-16-18(17-13)12-8-6-5-7-9-12/h5-10,14-15H,3-4,11H2,1-2H3. The predicted molar refractivity (Wildman–Crippen MR) is 74.3 cm³/mol. The maximum atomic E-state index is 5.48. The van der Waals surface area contributed by atoms with Gasteiger partial charge in [0, 0.05) is 6.61 Å². The zero-order valence-electron chi connectivity index (χ0n) is 11.4. The average molecular weight is 260 g/mol. The second kappa shape index (κ2) is 7.01. The molecule has 0 radical (unpaired) electrons. The maximum Gasteiger partial charge on any atom is 0.102 e. The third-order valence-electron chi connectivity index (χ3n) is 2.79. The summed E-state index contributed by atoms with van der Waals surface area (Å²) in [7, 11) is 0. The van der Waals surface area contributed by atoms with Crippen molar-refractivity contribution in [3.05, 3.63) is 42.2 Å². The number of nitrogens with zero attached hydrogens (tertiary/aromatic N) is 3. The van der Waals surface area contributed by atoms with Gasteiger partial charge in [-0.2, -0.15) is 15.0 Å². The van der Waals surface area contributed by atoms with Crippen molar-refractivity contribution in [2.75, 3.05) is 19.8 Å². The van der Waals surface area contributed by atoms with E-state index in [0.29, 0.717) is 13.2 Å². The summed E-state index contributed by atoms with van der Waals surface area (Å²) in [6.07, 6.45) is 1.79. The fraction of sp³-hybridized carbons (Fsp3) is 0.429. The summed E-state index contributed by atoms with van der Waals surface area (Å²) in [4.78, 5) is 1.64. The van der Waals surface area contributed by atoms with E-state index in [4.69, 9.17) is 4.74 Å². The molecule has 19 heavy (non-hydrogen) atoms. The van der Waals surface area contributed by atoms with Crippen molar-refractivity contribution in [2.24, 2.45) is 0 Å². The zero-order chi connectivity index (χ0) is 13.5. The van der Waals surface area contributed by atoms with Crippen LogP contribution in [0.2, 0.25) is 0 Å². The smallest absolute Gasteiger partial charge is 0.102 e. The second-order valence-corrected chi connectivity index (χ2v) is 4.16. The number of likely N-dealkylation sites (N-methyl/N-ethyl adjacent to an activating group) is 1. The molecule has 0 saturated carbocycles. The van der Waals surface area contributed by atoms with Gasteiger partial charge in [0.15, 0.2) is 0 Å². The Labute approximate surface area is 113 Å². The molecule has 1 unspecified atom stereocenters. The molecule has 1 aromatic carbocycles. The quantitative estimate of drug-likeness (QED) is 0.826. The van der Waals surface area contributed by atoms with Gasteiger partial charge in [0.2, 0.25) is 0 Å². The lowest BCUT2D eigenvalue weighted by Crippen LogP contribution is -2.26. The highest BCUT2D eigenvalue weighted by molar-refractivity contribution is 5.28. The van der Waals surface area contributed by atoms with Gasteiger partial charge in [0.1, 0.15) is 5.69 Å². The third kappa shape index (κ3) is 3.62. The van der Waals surface area contributed by atoms with Crippen LogP contribution < -0.4 is 5.32 Å². The second-order valence-electron chi connectivity index (χ2n) is 4.16. The van der Waals surface area contributed by atoms with Crippen LogP contribution in [0.5, 0.6) is 0 Å². The molecule has 0 fully saturated rings. The van der Waals surface area contributed by atoms with Gasteiger partial charge < -0.3 is 10.1 Å². The minimum atomic E-state index is 0.0856. The fourth-order valence-electron chi connectivity index (χ4n) is 1.85. The van der Waals surface area contributed by atoms with Crippen molar-refractivity contribution in [3.63, 3.8) is 0 Å². The molecule has 5 heteroatoms. The molecule has 1 aromatic heterocycles. The van der Waals surface area contributed by atoms with Crippen molar-refractivity contribution >= 4 is 0 Å². The lowest BCUT2D eigenvalue weighted by Gasteiger charge is -2.14. The van der Waals surface area contributed by atoms with Gasteiger partial charge in [0.05, 0.1) is 24.5 Å². The summed E-state index contributed by atoms with van der Waals surface area (Å²) in [5, 5.41) is 12.2. The highest BCUT2D eigenvalue weighted by Crippen LogP contribution is 2.11. The summed E-state index contributed by atoms with van der Waals surface area (Å²) >= 11 is 0. The van der Waals surface area contributed by atoms with Gasteiger partial charge in [-0.1, -0.05) is 25.1 Å². The summed E-state index contributed by atoms with van der Waals surface area (Å²) in [6.45, 7) is 6.24. The topological polar surface area (TPSA) is 52.0 Å². The van der Waals surface area contributed by atoms with Gasteiger partial charge in [-0.3, -0.25) is 0 Å². The molecule has 102 valence electrons.